The van der Waals surface area contributed by atoms with Crippen LogP contribution in [0.3, 0.4) is 0 Å². The Balaban J connectivity index is 1.61. The summed E-state index contributed by atoms with van der Waals surface area (Å²) in [7, 11) is 0. The summed E-state index contributed by atoms with van der Waals surface area (Å²) in [6, 6.07) is 11.4. The second kappa shape index (κ2) is 5.92. The summed E-state index contributed by atoms with van der Waals surface area (Å²) in [6.07, 6.45) is 1.91. The first kappa shape index (κ1) is 15.7. The molecule has 2 aromatic rings. The molecule has 0 radical (unpaired) electrons. The predicted molar refractivity (Wildman–Crippen MR) is 99.3 cm³/mol. The lowest BCUT2D eigenvalue weighted by Crippen LogP contribution is -2.43. The number of benzene rings is 2. The molecule has 25 heavy (non-hydrogen) atoms. The van der Waals surface area contributed by atoms with Gasteiger partial charge in [-0.15, -0.1) is 0 Å². The maximum atomic E-state index is 12.6. The van der Waals surface area contributed by atoms with Crippen LogP contribution in [0.1, 0.15) is 34.3 Å². The SMILES string of the molecule is Cc1ccc(C)c(NC(=O)c2ccc3c(c2)NC(=O)[C@@H]2CCCN32)c1. The number of fused-ring (bicyclic) bond motifs is 3. The van der Waals surface area contributed by atoms with Crippen LogP contribution in [0.25, 0.3) is 0 Å². The van der Waals surface area contributed by atoms with Crippen molar-refractivity contribution < 1.29 is 9.59 Å². The van der Waals surface area contributed by atoms with Crippen LogP contribution >= 0.6 is 0 Å². The van der Waals surface area contributed by atoms with Gasteiger partial charge in [-0.2, -0.15) is 0 Å². The molecule has 2 aliphatic heterocycles. The van der Waals surface area contributed by atoms with Gasteiger partial charge in [0.25, 0.3) is 5.91 Å². The third-order valence-corrected chi connectivity index (χ3v) is 5.02. The van der Waals surface area contributed by atoms with E-state index in [4.69, 9.17) is 0 Å². The minimum atomic E-state index is -0.172. The molecule has 2 aromatic carbocycles. The minimum absolute atomic E-state index is 0.0251. The van der Waals surface area contributed by atoms with Crippen molar-refractivity contribution >= 4 is 28.9 Å². The summed E-state index contributed by atoms with van der Waals surface area (Å²) in [5.74, 6) is -0.147. The van der Waals surface area contributed by atoms with Gasteiger partial charge in [0.15, 0.2) is 0 Å². The van der Waals surface area contributed by atoms with E-state index in [2.05, 4.69) is 15.5 Å². The molecule has 1 atom stereocenters. The van der Waals surface area contributed by atoms with E-state index in [1.165, 1.54) is 0 Å². The second-order valence-electron chi connectivity index (χ2n) is 6.85. The van der Waals surface area contributed by atoms with Crippen LogP contribution in [-0.4, -0.2) is 24.4 Å². The molecule has 2 heterocycles. The number of hydrogen-bond acceptors (Lipinski definition) is 3. The molecule has 0 bridgehead atoms. The van der Waals surface area contributed by atoms with Crippen LogP contribution in [0.5, 0.6) is 0 Å². The van der Waals surface area contributed by atoms with Gasteiger partial charge in [0.2, 0.25) is 5.91 Å². The molecule has 5 nitrogen and oxygen atoms in total. The zero-order valence-corrected chi connectivity index (χ0v) is 14.4. The van der Waals surface area contributed by atoms with E-state index >= 15 is 0 Å². The average Bonchev–Trinajstić information content (AvgIpc) is 3.08. The van der Waals surface area contributed by atoms with E-state index in [1.807, 2.05) is 44.2 Å². The third kappa shape index (κ3) is 2.76. The third-order valence-electron chi connectivity index (χ3n) is 5.02. The van der Waals surface area contributed by atoms with Gasteiger partial charge in [-0.3, -0.25) is 9.59 Å². The zero-order chi connectivity index (χ0) is 17.6. The number of anilines is 3. The number of hydrogen-bond donors (Lipinski definition) is 2. The topological polar surface area (TPSA) is 61.4 Å². The van der Waals surface area contributed by atoms with Gasteiger partial charge in [-0.25, -0.2) is 0 Å². The highest BCUT2D eigenvalue weighted by atomic mass is 16.2. The lowest BCUT2D eigenvalue weighted by Gasteiger charge is -2.33. The van der Waals surface area contributed by atoms with Gasteiger partial charge in [0.1, 0.15) is 6.04 Å². The quantitative estimate of drug-likeness (QED) is 0.883. The smallest absolute Gasteiger partial charge is 0.255 e. The Morgan fingerprint density at radius 1 is 1.20 bits per heavy atom. The van der Waals surface area contributed by atoms with Crippen molar-refractivity contribution in [3.63, 3.8) is 0 Å². The molecule has 0 aromatic heterocycles. The highest BCUT2D eigenvalue weighted by Crippen LogP contribution is 2.37. The molecule has 0 spiro atoms. The van der Waals surface area contributed by atoms with Gasteiger partial charge < -0.3 is 15.5 Å². The average molecular weight is 335 g/mol. The fraction of sp³-hybridized carbons (Fsp3) is 0.300. The van der Waals surface area contributed by atoms with E-state index in [9.17, 15) is 9.59 Å². The van der Waals surface area contributed by atoms with E-state index in [0.29, 0.717) is 5.56 Å². The van der Waals surface area contributed by atoms with Crippen molar-refractivity contribution in [1.82, 2.24) is 0 Å². The van der Waals surface area contributed by atoms with Crippen LogP contribution in [0.2, 0.25) is 0 Å². The molecule has 2 N–H and O–H groups in total. The van der Waals surface area contributed by atoms with Crippen molar-refractivity contribution in [2.75, 3.05) is 22.1 Å². The fourth-order valence-corrected chi connectivity index (χ4v) is 3.64. The van der Waals surface area contributed by atoms with E-state index < -0.39 is 0 Å². The van der Waals surface area contributed by atoms with Crippen LogP contribution < -0.4 is 15.5 Å². The molecule has 0 saturated carbocycles. The Bertz CT molecular complexity index is 875. The van der Waals surface area contributed by atoms with Gasteiger partial charge >= 0.3 is 0 Å². The molecule has 0 unspecified atom stereocenters. The predicted octanol–water partition coefficient (Wildman–Crippen LogP) is 3.48. The first-order valence-corrected chi connectivity index (χ1v) is 8.63. The summed E-state index contributed by atoms with van der Waals surface area (Å²) in [5.41, 5.74) is 5.19. The van der Waals surface area contributed by atoms with Crippen LogP contribution in [0, 0.1) is 13.8 Å². The van der Waals surface area contributed by atoms with Gasteiger partial charge in [-0.05, 0) is 62.1 Å². The number of carbonyl (C=O) groups excluding carboxylic acids is 2. The van der Waals surface area contributed by atoms with Crippen molar-refractivity contribution in [2.45, 2.75) is 32.7 Å². The van der Waals surface area contributed by atoms with Crippen LogP contribution in [0.15, 0.2) is 36.4 Å². The lowest BCUT2D eigenvalue weighted by molar-refractivity contribution is -0.117. The Morgan fingerprint density at radius 3 is 2.88 bits per heavy atom. The number of nitrogens with zero attached hydrogens (tertiary/aromatic N) is 1. The summed E-state index contributed by atoms with van der Waals surface area (Å²) in [6.45, 7) is 4.85. The molecule has 2 amide bonds. The van der Waals surface area contributed by atoms with Gasteiger partial charge in [-0.1, -0.05) is 12.1 Å². The summed E-state index contributed by atoms with van der Waals surface area (Å²) < 4.78 is 0. The number of rotatable bonds is 2. The number of amides is 2. The van der Waals surface area contributed by atoms with E-state index in [-0.39, 0.29) is 17.9 Å². The maximum absolute atomic E-state index is 12.6. The number of aryl methyl sites for hydroxylation is 2. The van der Waals surface area contributed by atoms with Crippen LogP contribution in [-0.2, 0) is 4.79 Å². The largest absolute Gasteiger partial charge is 0.358 e. The van der Waals surface area contributed by atoms with Crippen molar-refractivity contribution in [2.24, 2.45) is 0 Å². The molecule has 128 valence electrons. The number of nitrogens with one attached hydrogen (secondary N) is 2. The monoisotopic (exact) mass is 335 g/mol. The van der Waals surface area contributed by atoms with Crippen molar-refractivity contribution in [1.29, 1.82) is 0 Å². The minimum Gasteiger partial charge on any atom is -0.358 e. The van der Waals surface area contributed by atoms with Gasteiger partial charge in [0.05, 0.1) is 11.4 Å². The van der Waals surface area contributed by atoms with Crippen molar-refractivity contribution in [3.05, 3.63) is 53.1 Å². The number of carbonyl (C=O) groups is 2. The molecular formula is C20H21N3O2. The normalized spacial score (nSPS) is 18.4. The highest BCUT2D eigenvalue weighted by Gasteiger charge is 2.36. The van der Waals surface area contributed by atoms with Crippen molar-refractivity contribution in [3.8, 4) is 0 Å². The standard InChI is InChI=1S/C20H21N3O2/c1-12-5-6-13(2)15(10-12)21-19(24)14-7-8-17-16(11-14)22-20(25)18-4-3-9-23(17)18/h5-8,10-11,18H,3-4,9H2,1-2H3,(H,21,24)(H,22,25)/t18-/m0/s1. The lowest BCUT2D eigenvalue weighted by atomic mass is 10.1. The maximum Gasteiger partial charge on any atom is 0.255 e. The summed E-state index contributed by atoms with van der Waals surface area (Å²) in [5, 5.41) is 5.92. The van der Waals surface area contributed by atoms with E-state index in [0.717, 1.165) is 47.6 Å². The zero-order valence-electron chi connectivity index (χ0n) is 14.4. The Morgan fingerprint density at radius 2 is 2.04 bits per heavy atom. The first-order valence-electron chi connectivity index (χ1n) is 8.63. The highest BCUT2D eigenvalue weighted by molar-refractivity contribution is 6.09. The molecule has 1 saturated heterocycles. The van der Waals surface area contributed by atoms with Gasteiger partial charge in [0, 0.05) is 17.8 Å². The molecule has 2 aliphatic rings. The molecule has 1 fully saturated rings. The Labute approximate surface area is 147 Å². The summed E-state index contributed by atoms with van der Waals surface area (Å²) >= 11 is 0. The Hall–Kier alpha value is -2.82. The van der Waals surface area contributed by atoms with E-state index in [1.54, 1.807) is 6.07 Å². The second-order valence-corrected chi connectivity index (χ2v) is 6.85. The Kier molecular flexibility index (Phi) is 3.71. The first-order chi connectivity index (χ1) is 12.0. The molecule has 4 rings (SSSR count). The molecular weight excluding hydrogens is 314 g/mol. The molecule has 0 aliphatic carbocycles. The molecule has 5 heteroatoms. The summed E-state index contributed by atoms with van der Waals surface area (Å²) in [4.78, 5) is 27.0. The fourth-order valence-electron chi connectivity index (χ4n) is 3.64. The van der Waals surface area contributed by atoms with Crippen LogP contribution in [0.4, 0.5) is 17.1 Å².